The highest BCUT2D eigenvalue weighted by Crippen LogP contribution is 2.24. The molecule has 100 valence electrons. The van der Waals surface area contributed by atoms with Gasteiger partial charge in [0.25, 0.3) is 10.0 Å². The second-order valence-corrected chi connectivity index (χ2v) is 5.63. The summed E-state index contributed by atoms with van der Waals surface area (Å²) in [7, 11) is -3.75. The van der Waals surface area contributed by atoms with Crippen molar-refractivity contribution in [2.24, 2.45) is 0 Å². The Labute approximate surface area is 110 Å². The van der Waals surface area contributed by atoms with E-state index in [-0.39, 0.29) is 16.3 Å². The van der Waals surface area contributed by atoms with Crippen LogP contribution in [0.15, 0.2) is 47.4 Å². The number of hydrogen-bond acceptors (Lipinski definition) is 5. The van der Waals surface area contributed by atoms with Crippen LogP contribution in [0.4, 0.5) is 17.1 Å². The zero-order valence-electron chi connectivity index (χ0n) is 9.87. The quantitative estimate of drug-likeness (QED) is 0.499. The fraction of sp³-hybridized carbons (Fsp3) is 0. The van der Waals surface area contributed by atoms with Gasteiger partial charge in [-0.25, -0.2) is 8.42 Å². The Hall–Kier alpha value is -2.41. The minimum absolute atomic E-state index is 0.000168. The predicted octanol–water partition coefficient (Wildman–Crippen LogP) is 1.36. The van der Waals surface area contributed by atoms with Crippen molar-refractivity contribution in [3.63, 3.8) is 0 Å². The summed E-state index contributed by atoms with van der Waals surface area (Å²) >= 11 is 0. The molecule has 0 aliphatic heterocycles. The van der Waals surface area contributed by atoms with Gasteiger partial charge in [-0.15, -0.1) is 0 Å². The molecule has 2 rings (SSSR count). The molecule has 0 unspecified atom stereocenters. The Morgan fingerprint density at radius 3 is 2.21 bits per heavy atom. The molecule has 0 saturated carbocycles. The van der Waals surface area contributed by atoms with Gasteiger partial charge in [-0.1, -0.05) is 0 Å². The summed E-state index contributed by atoms with van der Waals surface area (Å²) in [6.07, 6.45) is 0. The minimum atomic E-state index is -3.75. The van der Waals surface area contributed by atoms with E-state index in [1.54, 1.807) is 24.3 Å². The minimum Gasteiger partial charge on any atom is -0.506 e. The molecule has 0 atom stereocenters. The van der Waals surface area contributed by atoms with Gasteiger partial charge >= 0.3 is 0 Å². The monoisotopic (exact) mass is 279 g/mol. The lowest BCUT2D eigenvalue weighted by molar-refractivity contribution is 0.477. The third-order valence-electron chi connectivity index (χ3n) is 2.47. The standard InChI is InChI=1S/C12H13N3O3S/c13-8-1-3-9(4-2-8)15-19(17,18)10-5-6-12(16)11(14)7-10/h1-7,15-16H,13-14H2. The average molecular weight is 279 g/mol. The van der Waals surface area contributed by atoms with Gasteiger partial charge in [-0.3, -0.25) is 4.72 Å². The van der Waals surface area contributed by atoms with E-state index in [1.807, 2.05) is 0 Å². The normalized spacial score (nSPS) is 11.2. The molecule has 0 spiro atoms. The molecule has 0 aliphatic rings. The average Bonchev–Trinajstić information content (AvgIpc) is 2.35. The lowest BCUT2D eigenvalue weighted by atomic mass is 10.3. The molecule has 0 aliphatic carbocycles. The SMILES string of the molecule is Nc1ccc(NS(=O)(=O)c2ccc(O)c(N)c2)cc1. The number of aromatic hydroxyl groups is 1. The molecule has 0 amide bonds. The summed E-state index contributed by atoms with van der Waals surface area (Å²) in [4.78, 5) is -0.0281. The highest BCUT2D eigenvalue weighted by Gasteiger charge is 2.15. The lowest BCUT2D eigenvalue weighted by Gasteiger charge is -2.09. The van der Waals surface area contributed by atoms with Gasteiger partial charge in [0.15, 0.2) is 0 Å². The van der Waals surface area contributed by atoms with Crippen LogP contribution in [0.1, 0.15) is 0 Å². The van der Waals surface area contributed by atoms with Crippen LogP contribution >= 0.6 is 0 Å². The van der Waals surface area contributed by atoms with Gasteiger partial charge in [-0.2, -0.15) is 0 Å². The second-order valence-electron chi connectivity index (χ2n) is 3.95. The van der Waals surface area contributed by atoms with Crippen LogP contribution in [0.5, 0.6) is 5.75 Å². The molecule has 0 saturated heterocycles. The van der Waals surface area contributed by atoms with Crippen molar-refractivity contribution in [3.05, 3.63) is 42.5 Å². The fourth-order valence-electron chi connectivity index (χ4n) is 1.46. The van der Waals surface area contributed by atoms with E-state index < -0.39 is 10.0 Å². The van der Waals surface area contributed by atoms with Gasteiger partial charge in [-0.05, 0) is 42.5 Å². The zero-order valence-corrected chi connectivity index (χ0v) is 10.7. The lowest BCUT2D eigenvalue weighted by Crippen LogP contribution is -2.13. The molecule has 0 fully saturated rings. The Morgan fingerprint density at radius 1 is 1.00 bits per heavy atom. The number of phenols is 1. The first kappa shape index (κ1) is 13.0. The first-order valence-electron chi connectivity index (χ1n) is 5.35. The van der Waals surface area contributed by atoms with Crippen LogP contribution in [0, 0.1) is 0 Å². The van der Waals surface area contributed by atoms with E-state index in [2.05, 4.69) is 4.72 Å². The van der Waals surface area contributed by atoms with Crippen molar-refractivity contribution >= 4 is 27.1 Å². The number of anilines is 3. The van der Waals surface area contributed by atoms with Crippen molar-refractivity contribution < 1.29 is 13.5 Å². The van der Waals surface area contributed by atoms with E-state index >= 15 is 0 Å². The number of phenolic OH excluding ortho intramolecular Hbond substituents is 1. The highest BCUT2D eigenvalue weighted by atomic mass is 32.2. The van der Waals surface area contributed by atoms with Gasteiger partial charge in [0, 0.05) is 11.4 Å². The molecule has 0 aromatic heterocycles. The summed E-state index contributed by atoms with van der Waals surface area (Å²) in [6.45, 7) is 0. The molecule has 0 bridgehead atoms. The van der Waals surface area contributed by atoms with Crippen LogP contribution in [0.3, 0.4) is 0 Å². The van der Waals surface area contributed by atoms with E-state index in [4.69, 9.17) is 11.5 Å². The largest absolute Gasteiger partial charge is 0.506 e. The molecule has 6 nitrogen and oxygen atoms in total. The molecule has 19 heavy (non-hydrogen) atoms. The van der Waals surface area contributed by atoms with Crippen LogP contribution in [0.2, 0.25) is 0 Å². The second kappa shape index (κ2) is 4.69. The first-order valence-corrected chi connectivity index (χ1v) is 6.84. The van der Waals surface area contributed by atoms with E-state index in [0.29, 0.717) is 11.4 Å². The van der Waals surface area contributed by atoms with Crippen molar-refractivity contribution in [2.75, 3.05) is 16.2 Å². The Kier molecular flexibility index (Phi) is 3.22. The number of nitrogens with two attached hydrogens (primary N) is 2. The first-order chi connectivity index (χ1) is 8.88. The molecular weight excluding hydrogens is 266 g/mol. The van der Waals surface area contributed by atoms with Gasteiger partial charge in [0.05, 0.1) is 10.6 Å². The fourth-order valence-corrected chi connectivity index (χ4v) is 2.56. The highest BCUT2D eigenvalue weighted by molar-refractivity contribution is 7.92. The van der Waals surface area contributed by atoms with Crippen molar-refractivity contribution in [3.8, 4) is 5.75 Å². The maximum atomic E-state index is 12.1. The van der Waals surface area contributed by atoms with E-state index in [1.165, 1.54) is 18.2 Å². The summed E-state index contributed by atoms with van der Waals surface area (Å²) in [5.74, 6) is -0.161. The maximum Gasteiger partial charge on any atom is 0.261 e. The van der Waals surface area contributed by atoms with Crippen LogP contribution in [-0.2, 0) is 10.0 Å². The molecular formula is C12H13N3O3S. The van der Waals surface area contributed by atoms with Gasteiger partial charge < -0.3 is 16.6 Å². The third kappa shape index (κ3) is 2.89. The van der Waals surface area contributed by atoms with Crippen molar-refractivity contribution in [2.45, 2.75) is 4.90 Å². The van der Waals surface area contributed by atoms with E-state index in [9.17, 15) is 13.5 Å². The molecule has 0 radical (unpaired) electrons. The number of hydrogen-bond donors (Lipinski definition) is 4. The summed E-state index contributed by atoms with van der Waals surface area (Å²) < 4.78 is 26.5. The molecule has 7 heteroatoms. The summed E-state index contributed by atoms with van der Waals surface area (Å²) in [5.41, 5.74) is 11.9. The number of rotatable bonds is 3. The third-order valence-corrected chi connectivity index (χ3v) is 3.85. The Morgan fingerprint density at radius 2 is 1.63 bits per heavy atom. The van der Waals surface area contributed by atoms with Crippen LogP contribution in [0.25, 0.3) is 0 Å². The number of sulfonamides is 1. The number of nitrogens with one attached hydrogen (secondary N) is 1. The molecule has 0 heterocycles. The summed E-state index contributed by atoms with van der Waals surface area (Å²) in [5, 5.41) is 9.28. The zero-order chi connectivity index (χ0) is 14.0. The number of benzene rings is 2. The van der Waals surface area contributed by atoms with Crippen LogP contribution < -0.4 is 16.2 Å². The van der Waals surface area contributed by atoms with Crippen molar-refractivity contribution in [1.29, 1.82) is 0 Å². The van der Waals surface area contributed by atoms with Crippen molar-refractivity contribution in [1.82, 2.24) is 0 Å². The van der Waals surface area contributed by atoms with Gasteiger partial charge in [0.2, 0.25) is 0 Å². The maximum absolute atomic E-state index is 12.1. The summed E-state index contributed by atoms with van der Waals surface area (Å²) in [6, 6.07) is 9.96. The smallest absolute Gasteiger partial charge is 0.261 e. The molecule has 6 N–H and O–H groups in total. The topological polar surface area (TPSA) is 118 Å². The van der Waals surface area contributed by atoms with Crippen LogP contribution in [-0.4, -0.2) is 13.5 Å². The van der Waals surface area contributed by atoms with Gasteiger partial charge in [0.1, 0.15) is 5.75 Å². The molecule has 2 aromatic carbocycles. The Bertz CT molecular complexity index is 697. The Balaban J connectivity index is 2.32. The molecule has 2 aromatic rings. The van der Waals surface area contributed by atoms with E-state index in [0.717, 1.165) is 0 Å². The number of nitrogen functional groups attached to an aromatic ring is 2. The predicted molar refractivity (Wildman–Crippen MR) is 74.2 cm³/mol.